The van der Waals surface area contributed by atoms with E-state index in [0.717, 1.165) is 12.1 Å². The molecule has 0 spiro atoms. The zero-order chi connectivity index (χ0) is 19.4. The Morgan fingerprint density at radius 1 is 1.07 bits per heavy atom. The summed E-state index contributed by atoms with van der Waals surface area (Å²) in [6.07, 6.45) is 0.916. The lowest BCUT2D eigenvalue weighted by Crippen LogP contribution is -2.51. The first-order chi connectivity index (χ1) is 12.9. The van der Waals surface area contributed by atoms with Gasteiger partial charge in [-0.05, 0) is 54.5 Å². The molecule has 0 atom stereocenters. The quantitative estimate of drug-likeness (QED) is 0.761. The molecule has 0 unspecified atom stereocenters. The van der Waals surface area contributed by atoms with E-state index in [4.69, 9.17) is 23.8 Å². The molecule has 0 saturated carbocycles. The van der Waals surface area contributed by atoms with Crippen molar-refractivity contribution in [2.24, 2.45) is 0 Å². The zero-order valence-electron chi connectivity index (χ0n) is 15.1. The Morgan fingerprint density at radius 3 is 2.33 bits per heavy atom. The SMILES string of the molecule is CCc1ccccc1NC(=S)N1CCN(S(=O)(=O)c2ccc(Cl)cc2)CC1. The van der Waals surface area contributed by atoms with Gasteiger partial charge in [-0.3, -0.25) is 0 Å². The summed E-state index contributed by atoms with van der Waals surface area (Å²) in [4.78, 5) is 2.27. The third-order valence-electron chi connectivity index (χ3n) is 4.62. The van der Waals surface area contributed by atoms with Gasteiger partial charge in [0.25, 0.3) is 0 Å². The molecule has 0 bridgehead atoms. The fraction of sp³-hybridized carbons (Fsp3) is 0.316. The van der Waals surface area contributed by atoms with Crippen molar-refractivity contribution >= 4 is 44.6 Å². The number of anilines is 1. The van der Waals surface area contributed by atoms with Gasteiger partial charge >= 0.3 is 0 Å². The number of aryl methyl sites for hydroxylation is 1. The van der Waals surface area contributed by atoms with Crippen LogP contribution in [0.4, 0.5) is 5.69 Å². The number of nitrogens with one attached hydrogen (secondary N) is 1. The van der Waals surface area contributed by atoms with E-state index >= 15 is 0 Å². The zero-order valence-corrected chi connectivity index (χ0v) is 17.4. The second-order valence-corrected chi connectivity index (χ2v) is 9.05. The minimum Gasteiger partial charge on any atom is -0.346 e. The van der Waals surface area contributed by atoms with Crippen LogP contribution in [0.2, 0.25) is 5.02 Å². The fourth-order valence-corrected chi connectivity index (χ4v) is 4.87. The first-order valence-electron chi connectivity index (χ1n) is 8.81. The summed E-state index contributed by atoms with van der Waals surface area (Å²) >= 11 is 11.4. The van der Waals surface area contributed by atoms with Crippen molar-refractivity contribution in [1.29, 1.82) is 0 Å². The molecule has 1 saturated heterocycles. The van der Waals surface area contributed by atoms with Crippen molar-refractivity contribution in [3.63, 3.8) is 0 Å². The number of halogens is 1. The highest BCUT2D eigenvalue weighted by Gasteiger charge is 2.29. The van der Waals surface area contributed by atoms with E-state index < -0.39 is 10.0 Å². The molecule has 0 aromatic heterocycles. The Hall–Kier alpha value is -1.67. The highest BCUT2D eigenvalue weighted by atomic mass is 35.5. The van der Waals surface area contributed by atoms with Gasteiger partial charge in [-0.2, -0.15) is 4.31 Å². The predicted octanol–water partition coefficient (Wildman–Crippen LogP) is 3.61. The number of piperazine rings is 1. The summed E-state index contributed by atoms with van der Waals surface area (Å²) in [6, 6.07) is 14.3. The predicted molar refractivity (Wildman–Crippen MR) is 114 cm³/mol. The molecule has 2 aromatic rings. The van der Waals surface area contributed by atoms with E-state index in [9.17, 15) is 8.42 Å². The van der Waals surface area contributed by atoms with Crippen molar-refractivity contribution in [2.75, 3.05) is 31.5 Å². The van der Waals surface area contributed by atoms with Gasteiger partial charge in [0.1, 0.15) is 0 Å². The summed E-state index contributed by atoms with van der Waals surface area (Å²) in [5, 5.41) is 4.44. The molecule has 3 rings (SSSR count). The van der Waals surface area contributed by atoms with Gasteiger partial charge in [-0.15, -0.1) is 0 Å². The number of hydrogen-bond acceptors (Lipinski definition) is 3. The molecule has 5 nitrogen and oxygen atoms in total. The minimum absolute atomic E-state index is 0.262. The van der Waals surface area contributed by atoms with Gasteiger partial charge in [0.05, 0.1) is 4.90 Å². The Kier molecular flexibility index (Phi) is 6.37. The molecule has 1 heterocycles. The summed E-state index contributed by atoms with van der Waals surface area (Å²) in [5.74, 6) is 0. The Balaban J connectivity index is 1.63. The van der Waals surface area contributed by atoms with Crippen molar-refractivity contribution in [3.05, 3.63) is 59.1 Å². The molecule has 144 valence electrons. The van der Waals surface area contributed by atoms with Crippen molar-refractivity contribution in [2.45, 2.75) is 18.2 Å². The molecular formula is C19H22ClN3O2S2. The third-order valence-corrected chi connectivity index (χ3v) is 7.14. The molecule has 0 radical (unpaired) electrons. The maximum atomic E-state index is 12.8. The van der Waals surface area contributed by atoms with Crippen LogP contribution in [0.1, 0.15) is 12.5 Å². The Bertz CT molecular complexity index is 909. The average molecular weight is 424 g/mol. The molecule has 1 aliphatic heterocycles. The molecule has 0 aliphatic carbocycles. The molecule has 8 heteroatoms. The van der Waals surface area contributed by atoms with E-state index in [2.05, 4.69) is 18.3 Å². The van der Waals surface area contributed by atoms with Gasteiger partial charge < -0.3 is 10.2 Å². The number of benzene rings is 2. The highest BCUT2D eigenvalue weighted by Crippen LogP contribution is 2.21. The maximum Gasteiger partial charge on any atom is 0.243 e. The second-order valence-electron chi connectivity index (χ2n) is 6.29. The van der Waals surface area contributed by atoms with E-state index in [0.29, 0.717) is 36.3 Å². The highest BCUT2D eigenvalue weighted by molar-refractivity contribution is 7.89. The number of para-hydroxylation sites is 1. The summed E-state index contributed by atoms with van der Waals surface area (Å²) in [7, 11) is -3.51. The number of sulfonamides is 1. The van der Waals surface area contributed by atoms with E-state index in [-0.39, 0.29) is 4.90 Å². The smallest absolute Gasteiger partial charge is 0.243 e. The number of nitrogens with zero attached hydrogens (tertiary/aromatic N) is 2. The molecule has 0 amide bonds. The van der Waals surface area contributed by atoms with Crippen LogP contribution in [0, 0.1) is 0 Å². The second kappa shape index (κ2) is 8.56. The monoisotopic (exact) mass is 423 g/mol. The Morgan fingerprint density at radius 2 is 1.70 bits per heavy atom. The topological polar surface area (TPSA) is 52.6 Å². The summed E-state index contributed by atoms with van der Waals surface area (Å²) in [5.41, 5.74) is 2.20. The van der Waals surface area contributed by atoms with Crippen LogP contribution in [0.25, 0.3) is 0 Å². The lowest BCUT2D eigenvalue weighted by Gasteiger charge is -2.35. The lowest BCUT2D eigenvalue weighted by atomic mass is 10.1. The van der Waals surface area contributed by atoms with Gasteiger partial charge in [0.2, 0.25) is 10.0 Å². The molecule has 1 N–H and O–H groups in total. The lowest BCUT2D eigenvalue weighted by molar-refractivity contribution is 0.268. The van der Waals surface area contributed by atoms with Crippen LogP contribution in [-0.4, -0.2) is 48.9 Å². The summed E-state index contributed by atoms with van der Waals surface area (Å²) in [6.45, 7) is 3.98. The first-order valence-corrected chi connectivity index (χ1v) is 11.0. The van der Waals surface area contributed by atoms with Gasteiger partial charge in [0, 0.05) is 36.9 Å². The van der Waals surface area contributed by atoms with Gasteiger partial charge in [0.15, 0.2) is 5.11 Å². The van der Waals surface area contributed by atoms with Crippen LogP contribution in [0.15, 0.2) is 53.4 Å². The van der Waals surface area contributed by atoms with Crippen LogP contribution >= 0.6 is 23.8 Å². The van der Waals surface area contributed by atoms with Crippen LogP contribution in [0.3, 0.4) is 0 Å². The van der Waals surface area contributed by atoms with E-state index in [1.54, 1.807) is 12.1 Å². The number of rotatable bonds is 4. The van der Waals surface area contributed by atoms with Crippen LogP contribution in [-0.2, 0) is 16.4 Å². The van der Waals surface area contributed by atoms with Gasteiger partial charge in [-0.25, -0.2) is 8.42 Å². The summed E-state index contributed by atoms with van der Waals surface area (Å²) < 4.78 is 27.0. The number of hydrogen-bond donors (Lipinski definition) is 1. The molecular weight excluding hydrogens is 402 g/mol. The molecule has 27 heavy (non-hydrogen) atoms. The van der Waals surface area contributed by atoms with Crippen molar-refractivity contribution < 1.29 is 8.42 Å². The maximum absolute atomic E-state index is 12.8. The fourth-order valence-electron chi connectivity index (χ4n) is 3.03. The molecule has 1 aliphatic rings. The van der Waals surface area contributed by atoms with Gasteiger partial charge in [-0.1, -0.05) is 36.7 Å². The largest absolute Gasteiger partial charge is 0.346 e. The van der Waals surface area contributed by atoms with Crippen molar-refractivity contribution in [1.82, 2.24) is 9.21 Å². The number of thiocarbonyl (C=S) groups is 1. The third kappa shape index (κ3) is 4.60. The standard InChI is InChI=1S/C19H22ClN3O2S2/c1-2-15-5-3-4-6-18(15)21-19(26)22-11-13-23(14-12-22)27(24,25)17-9-7-16(20)8-10-17/h3-10H,2,11-14H2,1H3,(H,21,26). The van der Waals surface area contributed by atoms with Crippen molar-refractivity contribution in [3.8, 4) is 0 Å². The molecule has 2 aromatic carbocycles. The average Bonchev–Trinajstić information content (AvgIpc) is 2.69. The van der Waals surface area contributed by atoms with Crippen LogP contribution < -0.4 is 5.32 Å². The van der Waals surface area contributed by atoms with Crippen LogP contribution in [0.5, 0.6) is 0 Å². The Labute approximate surface area is 171 Å². The van der Waals surface area contributed by atoms with E-state index in [1.165, 1.54) is 22.0 Å². The first kappa shape index (κ1) is 20.1. The normalized spacial score (nSPS) is 15.6. The molecule has 1 fully saturated rings. The van der Waals surface area contributed by atoms with E-state index in [1.807, 2.05) is 23.1 Å². The minimum atomic E-state index is -3.51.